The van der Waals surface area contributed by atoms with Gasteiger partial charge in [-0.3, -0.25) is 14.5 Å². The third kappa shape index (κ3) is 5.34. The largest absolute Gasteiger partial charge is 0.489 e. The van der Waals surface area contributed by atoms with Gasteiger partial charge >= 0.3 is 5.97 Å². The van der Waals surface area contributed by atoms with Gasteiger partial charge in [-0.1, -0.05) is 59.8 Å². The molecule has 0 saturated carbocycles. The number of thiocarbonyl (C=S) groups is 1. The maximum atomic E-state index is 12.5. The van der Waals surface area contributed by atoms with E-state index in [1.54, 1.807) is 6.08 Å². The lowest BCUT2D eigenvalue weighted by atomic mass is 10.2. The summed E-state index contributed by atoms with van der Waals surface area (Å²) in [5.41, 5.74) is 1.79. The van der Waals surface area contributed by atoms with Crippen LogP contribution in [0.5, 0.6) is 5.75 Å². The monoisotopic (exact) mass is 433 g/mol. The Hall–Kier alpha value is -2.35. The number of ether oxygens (including phenoxy) is 1. The third-order valence-corrected chi connectivity index (χ3v) is 5.53. The molecule has 2 aromatic carbocycles. The van der Waals surface area contributed by atoms with Crippen molar-refractivity contribution in [1.82, 2.24) is 4.90 Å². The van der Waals surface area contributed by atoms with Crippen molar-refractivity contribution < 1.29 is 19.4 Å². The number of carboxylic acid groups (broad SMARTS) is 1. The van der Waals surface area contributed by atoms with Crippen LogP contribution in [0.15, 0.2) is 53.4 Å². The van der Waals surface area contributed by atoms with Crippen LogP contribution in [-0.4, -0.2) is 32.7 Å². The minimum Gasteiger partial charge on any atom is -0.489 e. The first-order valence-electron chi connectivity index (χ1n) is 8.37. The lowest BCUT2D eigenvalue weighted by molar-refractivity contribution is -0.137. The third-order valence-electron chi connectivity index (χ3n) is 3.90. The highest BCUT2D eigenvalue weighted by Crippen LogP contribution is 2.33. The van der Waals surface area contributed by atoms with Gasteiger partial charge in [-0.25, -0.2) is 0 Å². The first-order valence-corrected chi connectivity index (χ1v) is 9.97. The molecular weight excluding hydrogens is 418 g/mol. The number of carbonyl (C=O) groups excluding carboxylic acids is 1. The highest BCUT2D eigenvalue weighted by Gasteiger charge is 2.32. The highest BCUT2D eigenvalue weighted by atomic mass is 35.5. The van der Waals surface area contributed by atoms with Crippen molar-refractivity contribution in [2.75, 3.05) is 6.54 Å². The second-order valence-corrected chi connectivity index (χ2v) is 8.08. The van der Waals surface area contributed by atoms with Gasteiger partial charge in [0.25, 0.3) is 5.91 Å². The van der Waals surface area contributed by atoms with E-state index >= 15 is 0 Å². The molecule has 1 saturated heterocycles. The number of carboxylic acids is 1. The molecule has 1 aliphatic heterocycles. The van der Waals surface area contributed by atoms with Crippen molar-refractivity contribution in [2.45, 2.75) is 13.0 Å². The van der Waals surface area contributed by atoms with Gasteiger partial charge in [0, 0.05) is 11.6 Å². The number of rotatable bonds is 7. The average molecular weight is 434 g/mol. The Morgan fingerprint density at radius 3 is 2.71 bits per heavy atom. The molecule has 1 fully saturated rings. The van der Waals surface area contributed by atoms with E-state index in [0.717, 1.165) is 11.1 Å². The SMILES string of the molecule is O=C(O)CCN1C(=O)/C(=C\c2cccc(OCc3ccc(Cl)cc3)c2)SC1=S. The van der Waals surface area contributed by atoms with E-state index in [9.17, 15) is 9.59 Å². The number of amides is 1. The van der Waals surface area contributed by atoms with E-state index in [2.05, 4.69) is 0 Å². The molecule has 0 atom stereocenters. The zero-order valence-corrected chi connectivity index (χ0v) is 17.0. The van der Waals surface area contributed by atoms with Gasteiger partial charge in [0.1, 0.15) is 16.7 Å². The summed E-state index contributed by atoms with van der Waals surface area (Å²) in [7, 11) is 0. The predicted octanol–water partition coefficient (Wildman–Crippen LogP) is 4.59. The van der Waals surface area contributed by atoms with Crippen molar-refractivity contribution in [3.05, 3.63) is 69.6 Å². The molecule has 8 heteroatoms. The molecule has 1 heterocycles. The molecule has 1 aliphatic rings. The maximum absolute atomic E-state index is 12.5. The minimum atomic E-state index is -0.969. The summed E-state index contributed by atoms with van der Waals surface area (Å²) in [5.74, 6) is -0.572. The fraction of sp³-hybridized carbons (Fsp3) is 0.150. The van der Waals surface area contributed by atoms with Crippen LogP contribution in [0.3, 0.4) is 0 Å². The standard InChI is InChI=1S/C20H16ClNO4S2/c21-15-6-4-13(5-7-15)12-26-16-3-1-2-14(10-16)11-17-19(25)22(20(27)28-17)9-8-18(23)24/h1-7,10-11H,8-9,12H2,(H,23,24)/b17-11+. The predicted molar refractivity (Wildman–Crippen MR) is 114 cm³/mol. The summed E-state index contributed by atoms with van der Waals surface area (Å²) in [5, 5.41) is 9.47. The van der Waals surface area contributed by atoms with Gasteiger partial charge in [-0.15, -0.1) is 0 Å². The Bertz CT molecular complexity index is 943. The Kier molecular flexibility index (Phi) is 6.72. The summed E-state index contributed by atoms with van der Waals surface area (Å²) in [6.45, 7) is 0.472. The Morgan fingerprint density at radius 1 is 1.25 bits per heavy atom. The molecule has 1 N–H and O–H groups in total. The maximum Gasteiger partial charge on any atom is 0.305 e. The van der Waals surface area contributed by atoms with Crippen LogP contribution in [0, 0.1) is 0 Å². The molecule has 144 valence electrons. The molecule has 28 heavy (non-hydrogen) atoms. The molecule has 0 unspecified atom stereocenters. The second kappa shape index (κ2) is 9.23. The van der Waals surface area contributed by atoms with Crippen LogP contribution in [0.25, 0.3) is 6.08 Å². The van der Waals surface area contributed by atoms with Crippen LogP contribution in [0.2, 0.25) is 5.02 Å². The molecule has 0 aliphatic carbocycles. The molecule has 0 spiro atoms. The normalized spacial score (nSPS) is 15.3. The molecule has 5 nitrogen and oxygen atoms in total. The van der Waals surface area contributed by atoms with E-state index in [4.69, 9.17) is 33.7 Å². The van der Waals surface area contributed by atoms with Crippen LogP contribution in [-0.2, 0) is 16.2 Å². The first-order chi connectivity index (χ1) is 13.4. The average Bonchev–Trinajstić information content (AvgIpc) is 2.93. The van der Waals surface area contributed by atoms with Gasteiger partial charge in [-0.2, -0.15) is 0 Å². The number of carbonyl (C=O) groups is 2. The number of aliphatic carboxylic acids is 1. The van der Waals surface area contributed by atoms with E-state index in [-0.39, 0.29) is 18.9 Å². The molecule has 0 aromatic heterocycles. The van der Waals surface area contributed by atoms with Crippen molar-refractivity contribution in [3.8, 4) is 5.75 Å². The Balaban J connectivity index is 1.68. The quantitative estimate of drug-likeness (QED) is 0.508. The van der Waals surface area contributed by atoms with Crippen LogP contribution >= 0.6 is 35.6 Å². The van der Waals surface area contributed by atoms with Crippen LogP contribution < -0.4 is 4.74 Å². The van der Waals surface area contributed by atoms with Crippen molar-refractivity contribution in [2.24, 2.45) is 0 Å². The lowest BCUT2D eigenvalue weighted by Gasteiger charge is -2.12. The molecule has 0 radical (unpaired) electrons. The van der Waals surface area contributed by atoms with Gasteiger partial charge in [-0.05, 0) is 41.5 Å². The second-order valence-electron chi connectivity index (χ2n) is 5.96. The molecule has 3 rings (SSSR count). The number of nitrogens with zero attached hydrogens (tertiary/aromatic N) is 1. The van der Waals surface area contributed by atoms with Gasteiger partial charge < -0.3 is 9.84 Å². The molecule has 1 amide bonds. The number of hydrogen-bond donors (Lipinski definition) is 1. The van der Waals surface area contributed by atoms with Crippen molar-refractivity contribution in [3.63, 3.8) is 0 Å². The smallest absolute Gasteiger partial charge is 0.305 e. The number of thioether (sulfide) groups is 1. The first kappa shape index (κ1) is 20.4. The zero-order chi connectivity index (χ0) is 20.1. The fourth-order valence-electron chi connectivity index (χ4n) is 2.49. The van der Waals surface area contributed by atoms with Crippen molar-refractivity contribution >= 4 is 57.9 Å². The van der Waals surface area contributed by atoms with Gasteiger partial charge in [0.05, 0.1) is 11.3 Å². The highest BCUT2D eigenvalue weighted by molar-refractivity contribution is 8.26. The summed E-state index contributed by atoms with van der Waals surface area (Å²) in [6.07, 6.45) is 1.59. The van der Waals surface area contributed by atoms with Gasteiger partial charge in [0.2, 0.25) is 0 Å². The van der Waals surface area contributed by atoms with E-state index < -0.39 is 5.97 Å². The van der Waals surface area contributed by atoms with Crippen molar-refractivity contribution in [1.29, 1.82) is 0 Å². The number of hydrogen-bond acceptors (Lipinski definition) is 5. The minimum absolute atomic E-state index is 0.0710. The number of halogens is 1. The summed E-state index contributed by atoms with van der Waals surface area (Å²) in [4.78, 5) is 25.0. The summed E-state index contributed by atoms with van der Waals surface area (Å²) >= 11 is 12.2. The molecular formula is C20H16ClNO4S2. The fourth-order valence-corrected chi connectivity index (χ4v) is 3.93. The van der Waals surface area contributed by atoms with Crippen LogP contribution in [0.4, 0.5) is 0 Å². The summed E-state index contributed by atoms with van der Waals surface area (Å²) < 4.78 is 6.17. The lowest BCUT2D eigenvalue weighted by Crippen LogP contribution is -2.30. The van der Waals surface area contributed by atoms with E-state index in [1.807, 2.05) is 48.5 Å². The number of benzene rings is 2. The Labute approximate surface area is 176 Å². The summed E-state index contributed by atoms with van der Waals surface area (Å²) in [6, 6.07) is 14.8. The van der Waals surface area contributed by atoms with Crippen LogP contribution in [0.1, 0.15) is 17.5 Å². The Morgan fingerprint density at radius 2 is 2.00 bits per heavy atom. The van der Waals surface area contributed by atoms with Gasteiger partial charge in [0.15, 0.2) is 0 Å². The molecule has 2 aromatic rings. The van der Waals surface area contributed by atoms with E-state index in [1.165, 1.54) is 16.7 Å². The zero-order valence-electron chi connectivity index (χ0n) is 14.6. The van der Waals surface area contributed by atoms with E-state index in [0.29, 0.717) is 26.6 Å². The topological polar surface area (TPSA) is 66.8 Å². The molecule has 0 bridgehead atoms.